The fraction of sp³-hybridized carbons (Fsp3) is 0.375. The number of pyridine rings is 1. The van der Waals surface area contributed by atoms with Gasteiger partial charge < -0.3 is 9.80 Å². The van der Waals surface area contributed by atoms with Gasteiger partial charge in [-0.25, -0.2) is 0 Å². The van der Waals surface area contributed by atoms with E-state index in [0.29, 0.717) is 12.1 Å². The van der Waals surface area contributed by atoms with Gasteiger partial charge in [-0.15, -0.1) is 0 Å². The number of aromatic nitrogens is 1. The Morgan fingerprint density at radius 3 is 2.70 bits per heavy atom. The molecule has 0 bridgehead atoms. The number of benzene rings is 1. The summed E-state index contributed by atoms with van der Waals surface area (Å²) in [7, 11) is 4.02. The van der Waals surface area contributed by atoms with Crippen LogP contribution in [0.1, 0.15) is 17.3 Å². The van der Waals surface area contributed by atoms with Crippen molar-refractivity contribution < 1.29 is 4.79 Å². The molecule has 1 aromatic carbocycles. The summed E-state index contributed by atoms with van der Waals surface area (Å²) in [6, 6.07) is 9.61. The van der Waals surface area contributed by atoms with Gasteiger partial charge in [0.15, 0.2) is 0 Å². The fourth-order valence-corrected chi connectivity index (χ4v) is 2.11. The highest BCUT2D eigenvalue weighted by Crippen LogP contribution is 2.14. The quantitative estimate of drug-likeness (QED) is 0.837. The minimum atomic E-state index is 0.0712. The van der Waals surface area contributed by atoms with Crippen molar-refractivity contribution in [3.63, 3.8) is 0 Å². The molecule has 20 heavy (non-hydrogen) atoms. The first-order valence-corrected chi connectivity index (χ1v) is 6.90. The van der Waals surface area contributed by atoms with Gasteiger partial charge in [0, 0.05) is 36.8 Å². The molecule has 1 aromatic heterocycles. The lowest BCUT2D eigenvalue weighted by atomic mass is 10.1. The Kier molecular flexibility index (Phi) is 4.69. The van der Waals surface area contributed by atoms with Crippen molar-refractivity contribution in [3.8, 4) is 0 Å². The highest BCUT2D eigenvalue weighted by atomic mass is 16.2. The SMILES string of the molecule is CCN(CCN(C)C)C(=O)c1ccc2cccnc2c1. The summed E-state index contributed by atoms with van der Waals surface area (Å²) in [6.07, 6.45) is 1.75. The number of amides is 1. The molecule has 0 spiro atoms. The third-order valence-electron chi connectivity index (χ3n) is 3.34. The monoisotopic (exact) mass is 271 g/mol. The molecule has 2 rings (SSSR count). The Labute approximate surface area is 120 Å². The number of hydrogen-bond acceptors (Lipinski definition) is 3. The van der Waals surface area contributed by atoms with E-state index in [1.54, 1.807) is 6.20 Å². The standard InChI is InChI=1S/C16H21N3O/c1-4-19(11-10-18(2)3)16(20)14-8-7-13-6-5-9-17-15(13)12-14/h5-9,12H,4,10-11H2,1-3H3. The zero-order valence-corrected chi connectivity index (χ0v) is 12.3. The second kappa shape index (κ2) is 6.48. The third-order valence-corrected chi connectivity index (χ3v) is 3.34. The number of likely N-dealkylation sites (N-methyl/N-ethyl adjacent to an activating group) is 2. The number of rotatable bonds is 5. The maximum absolute atomic E-state index is 12.5. The predicted octanol–water partition coefficient (Wildman–Crippen LogP) is 2.26. The van der Waals surface area contributed by atoms with Gasteiger partial charge in [-0.05, 0) is 39.2 Å². The number of hydrogen-bond donors (Lipinski definition) is 0. The van der Waals surface area contributed by atoms with Crippen molar-refractivity contribution in [2.45, 2.75) is 6.92 Å². The molecule has 0 aliphatic carbocycles. The number of nitrogens with zero attached hydrogens (tertiary/aromatic N) is 3. The molecule has 0 radical (unpaired) electrons. The van der Waals surface area contributed by atoms with Crippen molar-refractivity contribution in [2.75, 3.05) is 33.7 Å². The van der Waals surface area contributed by atoms with Gasteiger partial charge in [0.1, 0.15) is 0 Å². The Bertz CT molecular complexity index is 595. The average molecular weight is 271 g/mol. The summed E-state index contributed by atoms with van der Waals surface area (Å²) in [6.45, 7) is 4.33. The molecule has 0 aliphatic rings. The van der Waals surface area contributed by atoms with Gasteiger partial charge in [0.05, 0.1) is 5.52 Å². The average Bonchev–Trinajstić information content (AvgIpc) is 2.47. The lowest BCUT2D eigenvalue weighted by Gasteiger charge is -2.23. The van der Waals surface area contributed by atoms with Gasteiger partial charge in [-0.1, -0.05) is 12.1 Å². The zero-order chi connectivity index (χ0) is 14.5. The molecule has 106 valence electrons. The van der Waals surface area contributed by atoms with Crippen LogP contribution >= 0.6 is 0 Å². The van der Waals surface area contributed by atoms with Gasteiger partial charge in [-0.3, -0.25) is 9.78 Å². The summed E-state index contributed by atoms with van der Waals surface area (Å²) in [5.41, 5.74) is 1.57. The summed E-state index contributed by atoms with van der Waals surface area (Å²) in [5.74, 6) is 0.0712. The van der Waals surface area contributed by atoms with Crippen LogP contribution in [-0.2, 0) is 0 Å². The Balaban J connectivity index is 2.20. The highest BCUT2D eigenvalue weighted by Gasteiger charge is 2.14. The summed E-state index contributed by atoms with van der Waals surface area (Å²) in [5, 5.41) is 1.06. The van der Waals surface area contributed by atoms with Crippen LogP contribution in [0.4, 0.5) is 0 Å². The molecule has 0 saturated heterocycles. The van der Waals surface area contributed by atoms with Gasteiger partial charge in [-0.2, -0.15) is 0 Å². The molecule has 0 atom stereocenters. The molecule has 1 amide bonds. The summed E-state index contributed by atoms with van der Waals surface area (Å²) < 4.78 is 0. The Hall–Kier alpha value is -1.94. The molecule has 4 heteroatoms. The first-order valence-electron chi connectivity index (χ1n) is 6.90. The topological polar surface area (TPSA) is 36.4 Å². The minimum absolute atomic E-state index is 0.0712. The van der Waals surface area contributed by atoms with Crippen LogP contribution in [-0.4, -0.2) is 54.4 Å². The van der Waals surface area contributed by atoms with Gasteiger partial charge >= 0.3 is 0 Å². The molecule has 0 N–H and O–H groups in total. The van der Waals surface area contributed by atoms with E-state index in [4.69, 9.17) is 0 Å². The molecular weight excluding hydrogens is 250 g/mol. The molecule has 0 aliphatic heterocycles. The van der Waals surface area contributed by atoms with E-state index < -0.39 is 0 Å². The Morgan fingerprint density at radius 1 is 1.20 bits per heavy atom. The van der Waals surface area contributed by atoms with E-state index in [1.807, 2.05) is 56.3 Å². The van der Waals surface area contributed by atoms with Crippen LogP contribution in [0.25, 0.3) is 10.9 Å². The van der Waals surface area contributed by atoms with Crippen LogP contribution in [0.2, 0.25) is 0 Å². The van der Waals surface area contributed by atoms with E-state index in [9.17, 15) is 4.79 Å². The maximum Gasteiger partial charge on any atom is 0.253 e. The van der Waals surface area contributed by atoms with Crippen molar-refractivity contribution in [3.05, 3.63) is 42.1 Å². The smallest absolute Gasteiger partial charge is 0.253 e. The first-order chi connectivity index (χ1) is 9.61. The normalized spacial score (nSPS) is 11.0. The highest BCUT2D eigenvalue weighted by molar-refractivity contribution is 5.97. The van der Waals surface area contributed by atoms with E-state index in [-0.39, 0.29) is 5.91 Å². The van der Waals surface area contributed by atoms with E-state index in [0.717, 1.165) is 24.0 Å². The van der Waals surface area contributed by atoms with E-state index in [1.165, 1.54) is 0 Å². The molecule has 1 heterocycles. The maximum atomic E-state index is 12.5. The van der Waals surface area contributed by atoms with Crippen molar-refractivity contribution in [1.82, 2.24) is 14.8 Å². The van der Waals surface area contributed by atoms with Crippen LogP contribution in [0, 0.1) is 0 Å². The van der Waals surface area contributed by atoms with Crippen LogP contribution in [0.15, 0.2) is 36.5 Å². The molecular formula is C16H21N3O. The third kappa shape index (κ3) is 3.33. The zero-order valence-electron chi connectivity index (χ0n) is 12.3. The lowest BCUT2D eigenvalue weighted by molar-refractivity contribution is 0.0754. The number of fused-ring (bicyclic) bond motifs is 1. The second-order valence-electron chi connectivity index (χ2n) is 5.10. The van der Waals surface area contributed by atoms with Gasteiger partial charge in [0.2, 0.25) is 0 Å². The predicted molar refractivity (Wildman–Crippen MR) is 81.9 cm³/mol. The van der Waals surface area contributed by atoms with Crippen LogP contribution < -0.4 is 0 Å². The molecule has 0 fully saturated rings. The van der Waals surface area contributed by atoms with Crippen LogP contribution in [0.5, 0.6) is 0 Å². The van der Waals surface area contributed by atoms with E-state index >= 15 is 0 Å². The first kappa shape index (κ1) is 14.5. The minimum Gasteiger partial charge on any atom is -0.338 e. The molecule has 4 nitrogen and oxygen atoms in total. The summed E-state index contributed by atoms with van der Waals surface area (Å²) >= 11 is 0. The lowest BCUT2D eigenvalue weighted by Crippen LogP contribution is -2.36. The van der Waals surface area contributed by atoms with Crippen molar-refractivity contribution >= 4 is 16.8 Å². The van der Waals surface area contributed by atoms with E-state index in [2.05, 4.69) is 9.88 Å². The van der Waals surface area contributed by atoms with Crippen LogP contribution in [0.3, 0.4) is 0 Å². The van der Waals surface area contributed by atoms with Gasteiger partial charge in [0.25, 0.3) is 5.91 Å². The Morgan fingerprint density at radius 2 is 2.00 bits per heavy atom. The van der Waals surface area contributed by atoms with Crippen molar-refractivity contribution in [2.24, 2.45) is 0 Å². The second-order valence-corrected chi connectivity index (χ2v) is 5.10. The summed E-state index contributed by atoms with van der Waals surface area (Å²) in [4.78, 5) is 20.8. The molecule has 0 unspecified atom stereocenters. The molecule has 2 aromatic rings. The number of carbonyl (C=O) groups excluding carboxylic acids is 1. The van der Waals surface area contributed by atoms with Crippen molar-refractivity contribution in [1.29, 1.82) is 0 Å². The fourth-order valence-electron chi connectivity index (χ4n) is 2.11. The number of carbonyl (C=O) groups is 1. The largest absolute Gasteiger partial charge is 0.338 e. The molecule has 0 saturated carbocycles.